The largest absolute Gasteiger partial charge is 0.379 e. The molecule has 1 aromatic rings. The van der Waals surface area contributed by atoms with Crippen molar-refractivity contribution >= 4 is 21.8 Å². The summed E-state index contributed by atoms with van der Waals surface area (Å²) in [6, 6.07) is 6.18. The molecule has 1 fully saturated rings. The second-order valence-corrected chi connectivity index (χ2v) is 5.97. The molecule has 0 saturated carbocycles. The summed E-state index contributed by atoms with van der Waals surface area (Å²) in [6.07, 6.45) is 0.818. The highest BCUT2D eigenvalue weighted by molar-refractivity contribution is 9.10. The topological polar surface area (TPSA) is 64.4 Å². The Hall–Kier alpha value is -0.910. The molecule has 0 bridgehead atoms. The maximum Gasteiger partial charge on any atom is 0.232 e. The number of hydrogen-bond donors (Lipinski definition) is 2. The third-order valence-corrected chi connectivity index (χ3v) is 4.11. The minimum Gasteiger partial charge on any atom is -0.379 e. The normalized spacial score (nSPS) is 16.8. The summed E-state index contributed by atoms with van der Waals surface area (Å²) < 4.78 is 6.16. The second kappa shape index (κ2) is 6.03. The molecule has 2 rings (SSSR count). The highest BCUT2D eigenvalue weighted by atomic mass is 79.9. The minimum atomic E-state index is -0.494. The van der Waals surface area contributed by atoms with E-state index in [1.165, 1.54) is 11.1 Å². The summed E-state index contributed by atoms with van der Waals surface area (Å²) >= 11 is 3.46. The van der Waals surface area contributed by atoms with Gasteiger partial charge in [-0.2, -0.15) is 0 Å². The average Bonchev–Trinajstić information content (AvgIpc) is 2.33. The number of benzene rings is 1. The van der Waals surface area contributed by atoms with Gasteiger partial charge in [-0.3, -0.25) is 4.79 Å². The van der Waals surface area contributed by atoms with Crippen LogP contribution in [0.2, 0.25) is 0 Å². The lowest BCUT2D eigenvalue weighted by Crippen LogP contribution is -2.58. The van der Waals surface area contributed by atoms with Gasteiger partial charge in [-0.25, -0.2) is 0 Å². The summed E-state index contributed by atoms with van der Waals surface area (Å²) in [5.41, 5.74) is 7.63. The molecule has 104 valence electrons. The van der Waals surface area contributed by atoms with Crippen molar-refractivity contribution < 1.29 is 9.53 Å². The number of carbonyl (C=O) groups is 1. The van der Waals surface area contributed by atoms with Gasteiger partial charge in [0.1, 0.15) is 5.41 Å². The number of carbonyl (C=O) groups excluding carboxylic acids is 1. The molecular formula is C14H19BrN2O2. The van der Waals surface area contributed by atoms with Gasteiger partial charge in [0.25, 0.3) is 0 Å². The molecule has 5 heteroatoms. The van der Waals surface area contributed by atoms with Gasteiger partial charge in [-0.05, 0) is 36.6 Å². The molecule has 0 spiro atoms. The van der Waals surface area contributed by atoms with Gasteiger partial charge in [0, 0.05) is 17.6 Å². The Kier molecular flexibility index (Phi) is 4.60. The van der Waals surface area contributed by atoms with Gasteiger partial charge in [-0.15, -0.1) is 0 Å². The zero-order valence-electron chi connectivity index (χ0n) is 11.0. The quantitative estimate of drug-likeness (QED) is 0.859. The first-order valence-corrected chi connectivity index (χ1v) is 7.18. The molecule has 0 radical (unpaired) electrons. The smallest absolute Gasteiger partial charge is 0.232 e. The lowest BCUT2D eigenvalue weighted by atomic mass is 9.85. The molecule has 0 unspecified atom stereocenters. The van der Waals surface area contributed by atoms with Crippen molar-refractivity contribution in [1.82, 2.24) is 5.32 Å². The van der Waals surface area contributed by atoms with Crippen LogP contribution >= 0.6 is 15.9 Å². The van der Waals surface area contributed by atoms with Gasteiger partial charge in [0.2, 0.25) is 5.91 Å². The maximum absolute atomic E-state index is 12.0. The Morgan fingerprint density at radius 3 is 2.84 bits per heavy atom. The van der Waals surface area contributed by atoms with Crippen LogP contribution in [0.4, 0.5) is 0 Å². The van der Waals surface area contributed by atoms with Crippen LogP contribution in [0.25, 0.3) is 0 Å². The van der Waals surface area contributed by atoms with Crippen molar-refractivity contribution in [3.05, 3.63) is 33.8 Å². The zero-order chi connectivity index (χ0) is 13.9. The third kappa shape index (κ3) is 3.16. The van der Waals surface area contributed by atoms with Crippen molar-refractivity contribution in [2.24, 2.45) is 11.1 Å². The van der Waals surface area contributed by atoms with Crippen LogP contribution in [0.15, 0.2) is 22.7 Å². The van der Waals surface area contributed by atoms with Gasteiger partial charge in [0.05, 0.1) is 13.2 Å². The Bertz CT molecular complexity index is 467. The number of halogens is 1. The molecule has 1 aliphatic heterocycles. The van der Waals surface area contributed by atoms with Gasteiger partial charge in [-0.1, -0.05) is 22.0 Å². The molecule has 1 amide bonds. The summed E-state index contributed by atoms with van der Waals surface area (Å²) in [6.45, 7) is 3.91. The lowest BCUT2D eigenvalue weighted by molar-refractivity contribution is -0.159. The van der Waals surface area contributed by atoms with E-state index in [1.54, 1.807) is 0 Å². The first kappa shape index (κ1) is 14.5. The standard InChI is InChI=1S/C14H19BrN2O2/c1-10-2-3-12(15)6-11(10)4-5-17-13(18)14(7-16)8-19-9-14/h2-3,6H,4-5,7-9,16H2,1H3,(H,17,18). The predicted molar refractivity (Wildman–Crippen MR) is 77.9 cm³/mol. The highest BCUT2D eigenvalue weighted by Gasteiger charge is 2.44. The first-order chi connectivity index (χ1) is 9.07. The second-order valence-electron chi connectivity index (χ2n) is 5.05. The van der Waals surface area contributed by atoms with E-state index < -0.39 is 5.41 Å². The van der Waals surface area contributed by atoms with Crippen LogP contribution in [-0.2, 0) is 16.0 Å². The van der Waals surface area contributed by atoms with Crippen LogP contribution < -0.4 is 11.1 Å². The molecule has 3 N–H and O–H groups in total. The Morgan fingerprint density at radius 1 is 1.53 bits per heavy atom. The SMILES string of the molecule is Cc1ccc(Br)cc1CCNC(=O)C1(CN)COC1. The number of amides is 1. The van der Waals surface area contributed by atoms with E-state index in [0.717, 1.165) is 10.9 Å². The molecule has 1 saturated heterocycles. The van der Waals surface area contributed by atoms with Crippen LogP contribution in [0, 0.1) is 12.3 Å². The van der Waals surface area contributed by atoms with Gasteiger partial charge >= 0.3 is 0 Å². The van der Waals surface area contributed by atoms with E-state index in [-0.39, 0.29) is 5.91 Å². The van der Waals surface area contributed by atoms with E-state index >= 15 is 0 Å². The number of ether oxygens (including phenoxy) is 1. The fraction of sp³-hybridized carbons (Fsp3) is 0.500. The van der Waals surface area contributed by atoms with Crippen molar-refractivity contribution in [2.75, 3.05) is 26.3 Å². The number of nitrogens with two attached hydrogens (primary N) is 1. The molecule has 1 aromatic carbocycles. The van der Waals surface area contributed by atoms with Crippen LogP contribution in [0.1, 0.15) is 11.1 Å². The number of nitrogens with one attached hydrogen (secondary N) is 1. The van der Waals surface area contributed by atoms with E-state index in [9.17, 15) is 4.79 Å². The number of rotatable bonds is 5. The lowest BCUT2D eigenvalue weighted by Gasteiger charge is -2.38. The maximum atomic E-state index is 12.0. The van der Waals surface area contributed by atoms with E-state index in [2.05, 4.69) is 40.3 Å². The van der Waals surface area contributed by atoms with Crippen molar-refractivity contribution in [3.8, 4) is 0 Å². The molecular weight excluding hydrogens is 308 g/mol. The fourth-order valence-electron chi connectivity index (χ4n) is 2.10. The van der Waals surface area contributed by atoms with Gasteiger partial charge in [0.15, 0.2) is 0 Å². The summed E-state index contributed by atoms with van der Waals surface area (Å²) in [4.78, 5) is 12.0. The Labute approximate surface area is 121 Å². The molecule has 0 atom stereocenters. The molecule has 1 aliphatic rings. The van der Waals surface area contributed by atoms with Gasteiger partial charge < -0.3 is 15.8 Å². The predicted octanol–water partition coefficient (Wildman–Crippen LogP) is 1.39. The van der Waals surface area contributed by atoms with Crippen LogP contribution in [0.3, 0.4) is 0 Å². The Morgan fingerprint density at radius 2 is 2.26 bits per heavy atom. The zero-order valence-corrected chi connectivity index (χ0v) is 12.6. The monoisotopic (exact) mass is 326 g/mol. The number of hydrogen-bond acceptors (Lipinski definition) is 3. The molecule has 4 nitrogen and oxygen atoms in total. The van der Waals surface area contributed by atoms with Crippen molar-refractivity contribution in [2.45, 2.75) is 13.3 Å². The third-order valence-electron chi connectivity index (χ3n) is 3.62. The van der Waals surface area contributed by atoms with Crippen LogP contribution in [0.5, 0.6) is 0 Å². The van der Waals surface area contributed by atoms with Crippen LogP contribution in [-0.4, -0.2) is 32.2 Å². The number of aryl methyl sites for hydroxylation is 1. The molecule has 0 aromatic heterocycles. The average molecular weight is 327 g/mol. The summed E-state index contributed by atoms with van der Waals surface area (Å²) in [5, 5.41) is 2.96. The van der Waals surface area contributed by atoms with Crippen molar-refractivity contribution in [1.29, 1.82) is 0 Å². The molecule has 0 aliphatic carbocycles. The fourth-order valence-corrected chi connectivity index (χ4v) is 2.51. The highest BCUT2D eigenvalue weighted by Crippen LogP contribution is 2.26. The van der Waals surface area contributed by atoms with Crippen molar-refractivity contribution in [3.63, 3.8) is 0 Å². The summed E-state index contributed by atoms with van der Waals surface area (Å²) in [7, 11) is 0. The van der Waals surface area contributed by atoms with E-state index in [0.29, 0.717) is 26.3 Å². The first-order valence-electron chi connectivity index (χ1n) is 6.38. The minimum absolute atomic E-state index is 0.00824. The molecule has 1 heterocycles. The molecule has 19 heavy (non-hydrogen) atoms. The van der Waals surface area contributed by atoms with E-state index in [1.807, 2.05) is 6.07 Å². The summed E-state index contributed by atoms with van der Waals surface area (Å²) in [5.74, 6) is 0.00824. The van der Waals surface area contributed by atoms with E-state index in [4.69, 9.17) is 10.5 Å². The Balaban J connectivity index is 1.86.